The van der Waals surface area contributed by atoms with E-state index in [0.717, 1.165) is 11.1 Å². The minimum atomic E-state index is -0.406. The van der Waals surface area contributed by atoms with Crippen LogP contribution in [0.25, 0.3) is 11.5 Å². The van der Waals surface area contributed by atoms with Gasteiger partial charge in [0.15, 0.2) is 6.61 Å². The fraction of sp³-hybridized carbons (Fsp3) is 0.158. The van der Waals surface area contributed by atoms with Crippen LogP contribution in [0.1, 0.15) is 18.4 Å². The Bertz CT molecular complexity index is 889. The molecule has 0 fully saturated rings. The second-order valence-electron chi connectivity index (χ2n) is 5.58. The van der Waals surface area contributed by atoms with E-state index in [1.165, 1.54) is 6.92 Å². The molecule has 1 heterocycles. The van der Waals surface area contributed by atoms with Gasteiger partial charge in [0, 0.05) is 18.2 Å². The zero-order chi connectivity index (χ0) is 18.4. The summed E-state index contributed by atoms with van der Waals surface area (Å²) in [5.41, 5.74) is 2.25. The normalized spacial score (nSPS) is 10.3. The van der Waals surface area contributed by atoms with E-state index in [-0.39, 0.29) is 24.8 Å². The molecule has 132 valence electrons. The van der Waals surface area contributed by atoms with Crippen molar-refractivity contribution in [3.05, 3.63) is 66.1 Å². The first kappa shape index (κ1) is 17.3. The molecular weight excluding hydrogens is 334 g/mol. The number of aromatic nitrogens is 2. The maximum atomic E-state index is 11.9. The third-order valence-corrected chi connectivity index (χ3v) is 3.47. The molecule has 0 aliphatic carbocycles. The number of hydrogen-bond donors (Lipinski definition) is 1. The van der Waals surface area contributed by atoms with Crippen LogP contribution in [0.2, 0.25) is 0 Å². The number of amides is 1. The Morgan fingerprint density at radius 1 is 1.04 bits per heavy atom. The van der Waals surface area contributed by atoms with Crippen molar-refractivity contribution in [2.24, 2.45) is 0 Å². The SMILES string of the molecule is CC(=O)Nc1ccc(CC(=O)OCc2nnc(-c3ccccc3)o2)cc1. The van der Waals surface area contributed by atoms with E-state index in [9.17, 15) is 9.59 Å². The van der Waals surface area contributed by atoms with Crippen LogP contribution in [0.3, 0.4) is 0 Å². The Morgan fingerprint density at radius 3 is 2.46 bits per heavy atom. The number of rotatable bonds is 6. The molecule has 3 aromatic rings. The average Bonchev–Trinajstić information content (AvgIpc) is 3.11. The van der Waals surface area contributed by atoms with E-state index in [4.69, 9.17) is 9.15 Å². The average molecular weight is 351 g/mol. The highest BCUT2D eigenvalue weighted by molar-refractivity contribution is 5.88. The van der Waals surface area contributed by atoms with Crippen molar-refractivity contribution < 1.29 is 18.7 Å². The van der Waals surface area contributed by atoms with Crippen LogP contribution in [0.5, 0.6) is 0 Å². The molecule has 0 spiro atoms. The topological polar surface area (TPSA) is 94.3 Å². The molecule has 0 aliphatic heterocycles. The van der Waals surface area contributed by atoms with E-state index in [1.807, 2.05) is 30.3 Å². The first-order valence-electron chi connectivity index (χ1n) is 8.00. The number of carbonyl (C=O) groups is 2. The molecule has 0 atom stereocenters. The van der Waals surface area contributed by atoms with Crippen LogP contribution in [0, 0.1) is 0 Å². The molecule has 1 N–H and O–H groups in total. The van der Waals surface area contributed by atoms with Gasteiger partial charge < -0.3 is 14.5 Å². The standard InChI is InChI=1S/C19H17N3O4/c1-13(23)20-16-9-7-14(8-10-16)11-18(24)25-12-17-21-22-19(26-17)15-5-3-2-4-6-15/h2-10H,11-12H2,1H3,(H,20,23). The maximum Gasteiger partial charge on any atom is 0.310 e. The van der Waals surface area contributed by atoms with Crippen molar-refractivity contribution in [3.63, 3.8) is 0 Å². The number of carbonyl (C=O) groups excluding carboxylic acids is 2. The van der Waals surface area contributed by atoms with Crippen molar-refractivity contribution in [3.8, 4) is 11.5 Å². The molecule has 26 heavy (non-hydrogen) atoms. The Balaban J connectivity index is 1.51. The predicted octanol–water partition coefficient (Wildman–Crippen LogP) is 2.98. The summed E-state index contributed by atoms with van der Waals surface area (Å²) in [4.78, 5) is 22.9. The molecule has 0 saturated heterocycles. The van der Waals surface area contributed by atoms with Gasteiger partial charge in [0.25, 0.3) is 5.89 Å². The molecule has 0 unspecified atom stereocenters. The molecule has 3 rings (SSSR count). The van der Waals surface area contributed by atoms with Gasteiger partial charge in [-0.15, -0.1) is 10.2 Å². The van der Waals surface area contributed by atoms with Crippen LogP contribution in [0.15, 0.2) is 59.0 Å². The summed E-state index contributed by atoms with van der Waals surface area (Å²) in [6.07, 6.45) is 0.111. The minimum absolute atomic E-state index is 0.0807. The monoisotopic (exact) mass is 351 g/mol. The highest BCUT2D eigenvalue weighted by Crippen LogP contribution is 2.17. The highest BCUT2D eigenvalue weighted by atomic mass is 16.5. The van der Waals surface area contributed by atoms with Crippen molar-refractivity contribution in [1.82, 2.24) is 10.2 Å². The lowest BCUT2D eigenvalue weighted by molar-refractivity contribution is -0.144. The second kappa shape index (κ2) is 8.06. The summed E-state index contributed by atoms with van der Waals surface area (Å²) in [6.45, 7) is 1.36. The van der Waals surface area contributed by atoms with Gasteiger partial charge in [-0.05, 0) is 29.8 Å². The third kappa shape index (κ3) is 4.76. The van der Waals surface area contributed by atoms with Gasteiger partial charge in [0.1, 0.15) is 0 Å². The third-order valence-electron chi connectivity index (χ3n) is 3.47. The molecule has 1 amide bonds. The molecule has 2 aromatic carbocycles. The Kier molecular flexibility index (Phi) is 5.38. The minimum Gasteiger partial charge on any atom is -0.455 e. The van der Waals surface area contributed by atoms with Crippen LogP contribution in [0.4, 0.5) is 5.69 Å². The maximum absolute atomic E-state index is 11.9. The lowest BCUT2D eigenvalue weighted by Gasteiger charge is -2.05. The van der Waals surface area contributed by atoms with Crippen LogP contribution >= 0.6 is 0 Å². The molecule has 0 radical (unpaired) electrons. The number of nitrogens with zero attached hydrogens (tertiary/aromatic N) is 2. The van der Waals surface area contributed by atoms with Gasteiger partial charge in [-0.3, -0.25) is 9.59 Å². The highest BCUT2D eigenvalue weighted by Gasteiger charge is 2.11. The summed E-state index contributed by atoms with van der Waals surface area (Å²) in [7, 11) is 0. The van der Waals surface area contributed by atoms with Crippen molar-refractivity contribution in [2.45, 2.75) is 20.0 Å². The smallest absolute Gasteiger partial charge is 0.310 e. The van der Waals surface area contributed by atoms with Crippen molar-refractivity contribution in [1.29, 1.82) is 0 Å². The molecule has 0 bridgehead atoms. The van der Waals surface area contributed by atoms with E-state index in [0.29, 0.717) is 11.6 Å². The predicted molar refractivity (Wildman–Crippen MR) is 94.0 cm³/mol. The van der Waals surface area contributed by atoms with Crippen molar-refractivity contribution in [2.75, 3.05) is 5.32 Å². The van der Waals surface area contributed by atoms with Crippen LogP contribution in [-0.2, 0) is 27.4 Å². The molecule has 7 nitrogen and oxygen atoms in total. The molecule has 1 aromatic heterocycles. The largest absolute Gasteiger partial charge is 0.455 e. The number of hydrogen-bond acceptors (Lipinski definition) is 6. The molecule has 0 aliphatic rings. The number of nitrogens with one attached hydrogen (secondary N) is 1. The Labute approximate surface area is 150 Å². The fourth-order valence-electron chi connectivity index (χ4n) is 2.28. The van der Waals surface area contributed by atoms with Crippen molar-refractivity contribution >= 4 is 17.6 Å². The first-order valence-corrected chi connectivity index (χ1v) is 8.00. The summed E-state index contributed by atoms with van der Waals surface area (Å²) >= 11 is 0. The lowest BCUT2D eigenvalue weighted by atomic mass is 10.1. The van der Waals surface area contributed by atoms with Crippen LogP contribution < -0.4 is 5.32 Å². The van der Waals surface area contributed by atoms with E-state index in [2.05, 4.69) is 15.5 Å². The summed E-state index contributed by atoms with van der Waals surface area (Å²) in [5, 5.41) is 10.5. The molecule has 0 saturated carbocycles. The van der Waals surface area contributed by atoms with Gasteiger partial charge in [-0.1, -0.05) is 30.3 Å². The van der Waals surface area contributed by atoms with Gasteiger partial charge in [-0.25, -0.2) is 0 Å². The Morgan fingerprint density at radius 2 is 1.77 bits per heavy atom. The van der Waals surface area contributed by atoms with E-state index >= 15 is 0 Å². The van der Waals surface area contributed by atoms with Gasteiger partial charge >= 0.3 is 5.97 Å². The summed E-state index contributed by atoms with van der Waals surface area (Å²) < 4.78 is 10.7. The zero-order valence-corrected chi connectivity index (χ0v) is 14.1. The summed E-state index contributed by atoms with van der Waals surface area (Å²) in [5.74, 6) is 0.0618. The number of benzene rings is 2. The lowest BCUT2D eigenvalue weighted by Crippen LogP contribution is -2.09. The number of ether oxygens (including phenoxy) is 1. The Hall–Kier alpha value is -3.48. The molecule has 7 heteroatoms. The number of anilines is 1. The van der Waals surface area contributed by atoms with Gasteiger partial charge in [0.2, 0.25) is 11.8 Å². The summed E-state index contributed by atoms with van der Waals surface area (Å²) in [6, 6.07) is 16.3. The second-order valence-corrected chi connectivity index (χ2v) is 5.58. The van der Waals surface area contributed by atoms with E-state index < -0.39 is 5.97 Å². The van der Waals surface area contributed by atoms with Gasteiger partial charge in [0.05, 0.1) is 6.42 Å². The van der Waals surface area contributed by atoms with E-state index in [1.54, 1.807) is 24.3 Å². The number of esters is 1. The van der Waals surface area contributed by atoms with Gasteiger partial charge in [-0.2, -0.15) is 0 Å². The first-order chi connectivity index (χ1) is 12.6. The zero-order valence-electron chi connectivity index (χ0n) is 14.1. The fourth-order valence-corrected chi connectivity index (χ4v) is 2.28. The quantitative estimate of drug-likeness (QED) is 0.686. The van der Waals surface area contributed by atoms with Crippen LogP contribution in [-0.4, -0.2) is 22.1 Å². The molecular formula is C19H17N3O4.